The third-order valence-corrected chi connectivity index (χ3v) is 5.06. The van der Waals surface area contributed by atoms with Crippen LogP contribution in [0.25, 0.3) is 0 Å². The first-order valence-corrected chi connectivity index (χ1v) is 9.57. The Kier molecular flexibility index (Phi) is 4.65. The zero-order valence-corrected chi connectivity index (χ0v) is 13.7. The molecule has 2 saturated heterocycles. The molecule has 0 amide bonds. The SMILES string of the molecule is CS(=O)(=O)OC[C@@H]1CC[C@H]2CN(c3ccccn3)CCN2C1. The molecule has 2 fully saturated rings. The van der Waals surface area contributed by atoms with E-state index in [9.17, 15) is 8.42 Å². The highest BCUT2D eigenvalue weighted by Gasteiger charge is 2.33. The molecule has 7 heteroatoms. The molecule has 0 aromatic carbocycles. The maximum Gasteiger partial charge on any atom is 0.264 e. The van der Waals surface area contributed by atoms with Gasteiger partial charge in [0.05, 0.1) is 12.9 Å². The molecule has 3 rings (SSSR count). The molecule has 1 aromatic rings. The van der Waals surface area contributed by atoms with Gasteiger partial charge in [-0.2, -0.15) is 8.42 Å². The van der Waals surface area contributed by atoms with Crippen molar-refractivity contribution in [3.05, 3.63) is 24.4 Å². The first-order chi connectivity index (χ1) is 10.5. The summed E-state index contributed by atoms with van der Waals surface area (Å²) in [7, 11) is -3.33. The summed E-state index contributed by atoms with van der Waals surface area (Å²) in [5.41, 5.74) is 0. The number of fused-ring (bicyclic) bond motifs is 1. The van der Waals surface area contributed by atoms with E-state index >= 15 is 0 Å². The van der Waals surface area contributed by atoms with Crippen LogP contribution in [0.15, 0.2) is 24.4 Å². The van der Waals surface area contributed by atoms with E-state index in [0.717, 1.165) is 51.1 Å². The first kappa shape index (κ1) is 15.7. The van der Waals surface area contributed by atoms with Crippen LogP contribution in [-0.2, 0) is 14.3 Å². The van der Waals surface area contributed by atoms with E-state index in [4.69, 9.17) is 4.18 Å². The Morgan fingerprint density at radius 3 is 2.86 bits per heavy atom. The van der Waals surface area contributed by atoms with Crippen LogP contribution in [0, 0.1) is 5.92 Å². The van der Waals surface area contributed by atoms with Gasteiger partial charge < -0.3 is 4.90 Å². The lowest BCUT2D eigenvalue weighted by Crippen LogP contribution is -2.57. The maximum absolute atomic E-state index is 11.1. The molecule has 2 aliphatic rings. The standard InChI is InChI=1S/C15H23N3O3S/c1-22(19,20)21-12-13-5-6-14-11-18(9-8-17(14)10-13)15-4-2-3-7-16-15/h2-4,7,13-14H,5-6,8-12H2,1H3/t13-,14+/m1/s1. The first-order valence-electron chi connectivity index (χ1n) is 7.76. The lowest BCUT2D eigenvalue weighted by molar-refractivity contribution is 0.0743. The van der Waals surface area contributed by atoms with E-state index < -0.39 is 10.1 Å². The molecule has 6 nitrogen and oxygen atoms in total. The maximum atomic E-state index is 11.1. The summed E-state index contributed by atoms with van der Waals surface area (Å²) in [4.78, 5) is 9.25. The summed E-state index contributed by atoms with van der Waals surface area (Å²) in [6, 6.07) is 6.55. The van der Waals surface area contributed by atoms with Crippen molar-refractivity contribution >= 4 is 15.9 Å². The summed E-state index contributed by atoms with van der Waals surface area (Å²) in [5, 5.41) is 0. The summed E-state index contributed by atoms with van der Waals surface area (Å²) in [6.07, 6.45) is 5.05. The highest BCUT2D eigenvalue weighted by molar-refractivity contribution is 7.85. The van der Waals surface area contributed by atoms with Crippen molar-refractivity contribution in [2.24, 2.45) is 5.92 Å². The molecule has 0 N–H and O–H groups in total. The number of rotatable bonds is 4. The summed E-state index contributed by atoms with van der Waals surface area (Å²) < 4.78 is 27.2. The zero-order valence-electron chi connectivity index (χ0n) is 12.9. The molecule has 2 atom stereocenters. The van der Waals surface area contributed by atoms with Crippen LogP contribution in [0.4, 0.5) is 5.82 Å². The largest absolute Gasteiger partial charge is 0.354 e. The Labute approximate surface area is 132 Å². The van der Waals surface area contributed by atoms with Gasteiger partial charge in [0.25, 0.3) is 10.1 Å². The Morgan fingerprint density at radius 2 is 2.14 bits per heavy atom. The van der Waals surface area contributed by atoms with E-state index in [1.54, 1.807) is 0 Å². The molecule has 3 heterocycles. The molecule has 1 aromatic heterocycles. The lowest BCUT2D eigenvalue weighted by atomic mass is 9.91. The summed E-state index contributed by atoms with van der Waals surface area (Å²) in [6.45, 7) is 4.20. The van der Waals surface area contributed by atoms with E-state index in [1.807, 2.05) is 18.3 Å². The highest BCUT2D eigenvalue weighted by atomic mass is 32.2. The average Bonchev–Trinajstić information content (AvgIpc) is 2.52. The Morgan fingerprint density at radius 1 is 1.27 bits per heavy atom. The molecule has 122 valence electrons. The number of nitrogens with zero attached hydrogens (tertiary/aromatic N) is 3. The van der Waals surface area contributed by atoms with Gasteiger partial charge in [-0.15, -0.1) is 0 Å². The van der Waals surface area contributed by atoms with Crippen molar-refractivity contribution in [1.82, 2.24) is 9.88 Å². The molecule has 0 spiro atoms. The van der Waals surface area contributed by atoms with Crippen molar-refractivity contribution in [2.75, 3.05) is 43.9 Å². The van der Waals surface area contributed by atoms with Crippen molar-refractivity contribution in [2.45, 2.75) is 18.9 Å². The minimum Gasteiger partial charge on any atom is -0.354 e. The third kappa shape index (κ3) is 3.97. The van der Waals surface area contributed by atoms with Crippen molar-refractivity contribution in [3.8, 4) is 0 Å². The van der Waals surface area contributed by atoms with E-state index in [-0.39, 0.29) is 0 Å². The Balaban J connectivity index is 1.54. The molecular formula is C15H23N3O3S. The Hall–Kier alpha value is -1.18. The number of hydrogen-bond donors (Lipinski definition) is 0. The molecule has 0 bridgehead atoms. The van der Waals surface area contributed by atoms with Crippen LogP contribution in [-0.4, -0.2) is 63.4 Å². The van der Waals surface area contributed by atoms with Crippen LogP contribution in [0.2, 0.25) is 0 Å². The van der Waals surface area contributed by atoms with Crippen LogP contribution in [0.1, 0.15) is 12.8 Å². The second kappa shape index (κ2) is 6.52. The minimum absolute atomic E-state index is 0.312. The van der Waals surface area contributed by atoms with E-state index in [0.29, 0.717) is 18.6 Å². The average molecular weight is 325 g/mol. The number of anilines is 1. The summed E-state index contributed by atoms with van der Waals surface area (Å²) >= 11 is 0. The van der Waals surface area contributed by atoms with Gasteiger partial charge in [-0.3, -0.25) is 9.08 Å². The van der Waals surface area contributed by atoms with Crippen LogP contribution in [0.3, 0.4) is 0 Å². The molecule has 0 radical (unpaired) electrons. The van der Waals surface area contributed by atoms with Gasteiger partial charge in [0.15, 0.2) is 0 Å². The molecule has 0 unspecified atom stereocenters. The topological polar surface area (TPSA) is 62.7 Å². The molecule has 0 saturated carbocycles. The fourth-order valence-corrected chi connectivity index (χ4v) is 3.80. The van der Waals surface area contributed by atoms with Crippen molar-refractivity contribution in [1.29, 1.82) is 0 Å². The third-order valence-electron chi connectivity index (χ3n) is 4.50. The molecular weight excluding hydrogens is 302 g/mol. The van der Waals surface area contributed by atoms with Crippen LogP contribution in [0.5, 0.6) is 0 Å². The van der Waals surface area contributed by atoms with Gasteiger partial charge >= 0.3 is 0 Å². The van der Waals surface area contributed by atoms with Crippen LogP contribution >= 0.6 is 0 Å². The van der Waals surface area contributed by atoms with Crippen LogP contribution < -0.4 is 4.90 Å². The van der Waals surface area contributed by atoms with Gasteiger partial charge in [0.2, 0.25) is 0 Å². The van der Waals surface area contributed by atoms with Crippen molar-refractivity contribution in [3.63, 3.8) is 0 Å². The minimum atomic E-state index is -3.33. The van der Waals surface area contributed by atoms with E-state index in [2.05, 4.69) is 20.9 Å². The second-order valence-electron chi connectivity index (χ2n) is 6.21. The highest BCUT2D eigenvalue weighted by Crippen LogP contribution is 2.27. The number of piperazine rings is 1. The fraction of sp³-hybridized carbons (Fsp3) is 0.667. The Bertz CT molecular complexity index is 593. The predicted octanol–water partition coefficient (Wildman–Crippen LogP) is 0.958. The summed E-state index contributed by atoms with van der Waals surface area (Å²) in [5.74, 6) is 1.36. The van der Waals surface area contributed by atoms with Gasteiger partial charge in [0, 0.05) is 38.4 Å². The predicted molar refractivity (Wildman–Crippen MR) is 85.3 cm³/mol. The van der Waals surface area contributed by atoms with E-state index in [1.165, 1.54) is 0 Å². The van der Waals surface area contributed by atoms with Gasteiger partial charge in [0.1, 0.15) is 5.82 Å². The quantitative estimate of drug-likeness (QED) is 0.769. The van der Waals surface area contributed by atoms with Gasteiger partial charge in [-0.1, -0.05) is 6.07 Å². The number of pyridine rings is 1. The van der Waals surface area contributed by atoms with Crippen molar-refractivity contribution < 1.29 is 12.6 Å². The number of hydrogen-bond acceptors (Lipinski definition) is 6. The fourth-order valence-electron chi connectivity index (χ4n) is 3.36. The van der Waals surface area contributed by atoms with Gasteiger partial charge in [-0.25, -0.2) is 4.98 Å². The normalized spacial score (nSPS) is 26.7. The lowest BCUT2D eigenvalue weighted by Gasteiger charge is -2.46. The molecule has 22 heavy (non-hydrogen) atoms. The smallest absolute Gasteiger partial charge is 0.264 e. The molecule has 2 aliphatic heterocycles. The monoisotopic (exact) mass is 325 g/mol. The molecule has 0 aliphatic carbocycles. The number of aromatic nitrogens is 1. The number of piperidine rings is 1. The zero-order chi connectivity index (χ0) is 15.6. The van der Waals surface area contributed by atoms with Gasteiger partial charge in [-0.05, 0) is 30.9 Å². The second-order valence-corrected chi connectivity index (χ2v) is 7.86.